The molecule has 0 bridgehead atoms. The summed E-state index contributed by atoms with van der Waals surface area (Å²) in [5.74, 6) is 0. The van der Waals surface area contributed by atoms with Crippen LogP contribution in [0.5, 0.6) is 0 Å². The summed E-state index contributed by atoms with van der Waals surface area (Å²) in [6.45, 7) is 1.59. The fourth-order valence-electron chi connectivity index (χ4n) is 1.46. The number of thiazole rings is 1. The Morgan fingerprint density at radius 3 is 3.24 bits per heavy atom. The van der Waals surface area contributed by atoms with E-state index in [4.69, 9.17) is 16.3 Å². The molecule has 1 aliphatic rings. The first-order valence-corrected chi connectivity index (χ1v) is 6.05. The van der Waals surface area contributed by atoms with E-state index >= 15 is 0 Å². The number of hydrazone groups is 1. The van der Waals surface area contributed by atoms with Gasteiger partial charge in [0.25, 0.3) is 0 Å². The second-order valence-electron chi connectivity index (χ2n) is 3.32. The predicted molar refractivity (Wildman–Crippen MR) is 62.5 cm³/mol. The van der Waals surface area contributed by atoms with Crippen LogP contribution in [-0.2, 0) is 11.3 Å². The number of aromatic nitrogens is 1. The lowest BCUT2D eigenvalue weighted by molar-refractivity contribution is -0.487. The zero-order chi connectivity index (χ0) is 12.3. The highest BCUT2D eigenvalue weighted by atomic mass is 35.5. The smallest absolute Gasteiger partial charge is 0.362 e. The van der Waals surface area contributed by atoms with E-state index in [-0.39, 0.29) is 6.02 Å². The van der Waals surface area contributed by atoms with Gasteiger partial charge in [0.2, 0.25) is 0 Å². The van der Waals surface area contributed by atoms with Crippen molar-refractivity contribution in [3.05, 3.63) is 25.7 Å². The van der Waals surface area contributed by atoms with Crippen LogP contribution >= 0.6 is 22.9 Å². The van der Waals surface area contributed by atoms with Gasteiger partial charge in [-0.15, -0.1) is 11.3 Å². The molecule has 92 valence electrons. The number of halogens is 1. The molecule has 2 rings (SSSR count). The molecule has 1 aliphatic heterocycles. The molecule has 7 nitrogen and oxygen atoms in total. The topological polar surface area (TPSA) is 80.9 Å². The molecule has 2 heterocycles. The van der Waals surface area contributed by atoms with Gasteiger partial charge in [-0.1, -0.05) is 11.6 Å². The van der Waals surface area contributed by atoms with Gasteiger partial charge in [-0.25, -0.2) is 15.1 Å². The van der Waals surface area contributed by atoms with Crippen molar-refractivity contribution in [2.45, 2.75) is 13.0 Å². The van der Waals surface area contributed by atoms with Gasteiger partial charge in [0.1, 0.15) is 5.10 Å². The Morgan fingerprint density at radius 2 is 2.59 bits per heavy atom. The van der Waals surface area contributed by atoms with Gasteiger partial charge in [-0.05, 0) is 6.42 Å². The van der Waals surface area contributed by atoms with Crippen molar-refractivity contribution in [1.82, 2.24) is 9.88 Å². The minimum Gasteiger partial charge on any atom is -0.461 e. The lowest BCUT2D eigenvalue weighted by Crippen LogP contribution is -2.38. The molecule has 0 radical (unpaired) electrons. The van der Waals surface area contributed by atoms with E-state index in [0.29, 0.717) is 24.2 Å². The van der Waals surface area contributed by atoms with Crippen molar-refractivity contribution in [2.24, 2.45) is 5.10 Å². The first-order valence-electron chi connectivity index (χ1n) is 4.86. The number of nitrogens with zero attached hydrogens (tertiary/aromatic N) is 4. The number of ether oxygens (including phenoxy) is 1. The second-order valence-corrected chi connectivity index (χ2v) is 5.02. The molecule has 0 atom stereocenters. The van der Waals surface area contributed by atoms with E-state index in [2.05, 4.69) is 10.1 Å². The quantitative estimate of drug-likeness (QED) is 0.618. The van der Waals surface area contributed by atoms with E-state index in [1.54, 1.807) is 11.1 Å². The van der Waals surface area contributed by atoms with Crippen LogP contribution in [0.4, 0.5) is 0 Å². The molecule has 0 unspecified atom stereocenters. The summed E-state index contributed by atoms with van der Waals surface area (Å²) in [4.78, 5) is 16.9. The minimum absolute atomic E-state index is 0.0470. The van der Waals surface area contributed by atoms with Crippen molar-refractivity contribution < 1.29 is 9.77 Å². The third kappa shape index (κ3) is 3.27. The largest absolute Gasteiger partial charge is 0.461 e. The van der Waals surface area contributed by atoms with Gasteiger partial charge in [0.15, 0.2) is 9.50 Å². The number of hydrogen-bond donors (Lipinski definition) is 0. The summed E-state index contributed by atoms with van der Waals surface area (Å²) in [5.41, 5.74) is 0. The zero-order valence-corrected chi connectivity index (χ0v) is 10.3. The molecule has 0 amide bonds. The Balaban J connectivity index is 2.09. The molecule has 0 spiro atoms. The van der Waals surface area contributed by atoms with Gasteiger partial charge >= 0.3 is 6.02 Å². The maximum Gasteiger partial charge on any atom is 0.362 e. The van der Waals surface area contributed by atoms with Gasteiger partial charge in [0, 0.05) is 17.6 Å². The van der Waals surface area contributed by atoms with Gasteiger partial charge < -0.3 is 9.64 Å². The normalized spacial score (nSPS) is 18.2. The lowest BCUT2D eigenvalue weighted by atomic mass is 10.3. The molecular formula is C8H9ClN4O3S. The van der Waals surface area contributed by atoms with Crippen LogP contribution in [0, 0.1) is 10.1 Å². The van der Waals surface area contributed by atoms with Crippen LogP contribution in [0.25, 0.3) is 0 Å². The van der Waals surface area contributed by atoms with Gasteiger partial charge in [0.05, 0.1) is 13.2 Å². The predicted octanol–water partition coefficient (Wildman–Crippen LogP) is 1.57. The fourth-order valence-corrected chi connectivity index (χ4v) is 2.45. The van der Waals surface area contributed by atoms with E-state index in [0.717, 1.165) is 11.3 Å². The minimum atomic E-state index is -0.757. The molecule has 0 aliphatic carbocycles. The van der Waals surface area contributed by atoms with E-state index < -0.39 is 5.03 Å². The number of nitro groups is 1. The summed E-state index contributed by atoms with van der Waals surface area (Å²) < 4.78 is 5.62. The highest BCUT2D eigenvalue weighted by molar-refractivity contribution is 7.15. The molecule has 1 aromatic rings. The standard InChI is InChI=1S/C8H9ClN4O3S/c9-7-10-4-6(17-7)5-12-2-1-3-16-8(12)11-13(14)15/h4H,1-3,5H2/b11-8-. The lowest BCUT2D eigenvalue weighted by Gasteiger charge is -2.27. The van der Waals surface area contributed by atoms with Crippen molar-refractivity contribution in [3.8, 4) is 0 Å². The van der Waals surface area contributed by atoms with Crippen molar-refractivity contribution >= 4 is 29.0 Å². The van der Waals surface area contributed by atoms with Crippen molar-refractivity contribution in [2.75, 3.05) is 13.2 Å². The van der Waals surface area contributed by atoms with Gasteiger partial charge in [-0.2, -0.15) is 0 Å². The molecule has 1 saturated heterocycles. The zero-order valence-electron chi connectivity index (χ0n) is 8.71. The first-order chi connectivity index (χ1) is 8.15. The number of hydrogen-bond acceptors (Lipinski definition) is 5. The highest BCUT2D eigenvalue weighted by Gasteiger charge is 2.22. The van der Waals surface area contributed by atoms with Gasteiger partial charge in [-0.3, -0.25) is 0 Å². The van der Waals surface area contributed by atoms with Crippen LogP contribution in [-0.4, -0.2) is 34.1 Å². The molecule has 1 fully saturated rings. The SMILES string of the molecule is O=[N+]([O-])/N=C1\OCCCN1Cc1cnc(Cl)s1. The molecule has 0 aromatic carbocycles. The Morgan fingerprint density at radius 1 is 1.76 bits per heavy atom. The third-order valence-electron chi connectivity index (χ3n) is 2.11. The Labute approximate surface area is 106 Å². The van der Waals surface area contributed by atoms with E-state index in [1.807, 2.05) is 0 Å². The van der Waals surface area contributed by atoms with Crippen LogP contribution in [0.15, 0.2) is 11.3 Å². The summed E-state index contributed by atoms with van der Waals surface area (Å²) in [5, 5.41) is 12.8. The molecule has 1 aromatic heterocycles. The molecule has 0 N–H and O–H groups in total. The molecular weight excluding hydrogens is 268 g/mol. The summed E-state index contributed by atoms with van der Waals surface area (Å²) in [6.07, 6.45) is 2.45. The first kappa shape index (κ1) is 12.1. The van der Waals surface area contributed by atoms with Crippen LogP contribution in [0.1, 0.15) is 11.3 Å². The summed E-state index contributed by atoms with van der Waals surface area (Å²) in [6, 6.07) is 0.0470. The van der Waals surface area contributed by atoms with Crippen LogP contribution in [0.2, 0.25) is 4.47 Å². The van der Waals surface area contributed by atoms with Crippen LogP contribution < -0.4 is 0 Å². The maximum atomic E-state index is 10.4. The van der Waals surface area contributed by atoms with Crippen LogP contribution in [0.3, 0.4) is 0 Å². The monoisotopic (exact) mass is 276 g/mol. The number of rotatable bonds is 3. The second kappa shape index (κ2) is 5.28. The Hall–Kier alpha value is -1.41. The maximum absolute atomic E-state index is 10.4. The molecule has 17 heavy (non-hydrogen) atoms. The molecule has 9 heteroatoms. The summed E-state index contributed by atoms with van der Waals surface area (Å²) in [7, 11) is 0. The van der Waals surface area contributed by atoms with E-state index in [9.17, 15) is 10.1 Å². The van der Waals surface area contributed by atoms with E-state index in [1.165, 1.54) is 11.3 Å². The average molecular weight is 277 g/mol. The number of amidine groups is 1. The Kier molecular flexibility index (Phi) is 3.75. The average Bonchev–Trinajstić information content (AvgIpc) is 2.66. The molecule has 0 saturated carbocycles. The summed E-state index contributed by atoms with van der Waals surface area (Å²) >= 11 is 7.05. The highest BCUT2D eigenvalue weighted by Crippen LogP contribution is 2.20. The third-order valence-corrected chi connectivity index (χ3v) is 3.21. The fraction of sp³-hybridized carbons (Fsp3) is 0.500. The van der Waals surface area contributed by atoms with Crippen molar-refractivity contribution in [1.29, 1.82) is 0 Å². The van der Waals surface area contributed by atoms with Crippen molar-refractivity contribution in [3.63, 3.8) is 0 Å². The Bertz CT molecular complexity index is 450.